The van der Waals surface area contributed by atoms with Gasteiger partial charge in [0.05, 0.1) is 18.2 Å². The molecule has 1 heterocycles. The van der Waals surface area contributed by atoms with Crippen LogP contribution in [0.25, 0.3) is 0 Å². The van der Waals surface area contributed by atoms with Gasteiger partial charge in [0.1, 0.15) is 12.6 Å². The van der Waals surface area contributed by atoms with Crippen molar-refractivity contribution in [2.24, 2.45) is 5.92 Å². The van der Waals surface area contributed by atoms with E-state index < -0.39 is 34.9 Å². The number of nitrogens with zero attached hydrogens (tertiary/aromatic N) is 2. The van der Waals surface area contributed by atoms with Gasteiger partial charge in [0.15, 0.2) is 0 Å². The van der Waals surface area contributed by atoms with Crippen molar-refractivity contribution in [2.45, 2.75) is 32.9 Å². The van der Waals surface area contributed by atoms with Crippen LogP contribution in [0.3, 0.4) is 0 Å². The van der Waals surface area contributed by atoms with Crippen LogP contribution >= 0.6 is 0 Å². The Labute approximate surface area is 132 Å². The van der Waals surface area contributed by atoms with E-state index in [1.165, 1.54) is 7.11 Å². The summed E-state index contributed by atoms with van der Waals surface area (Å²) in [6.45, 7) is 3.21. The zero-order valence-electron chi connectivity index (χ0n) is 13.1. The minimum absolute atomic E-state index is 0.159. The summed E-state index contributed by atoms with van der Waals surface area (Å²) in [6, 6.07) is 1.23. The van der Waals surface area contributed by atoms with Gasteiger partial charge in [0, 0.05) is 12.1 Å². The third-order valence-corrected chi connectivity index (χ3v) is 3.48. The first-order valence-electron chi connectivity index (χ1n) is 7.02. The van der Waals surface area contributed by atoms with E-state index in [4.69, 9.17) is 0 Å². The number of hydrogen-bond acceptors (Lipinski definition) is 6. The Hall–Kier alpha value is -2.71. The number of hydrogen-bond donors (Lipinski definition) is 1. The highest BCUT2D eigenvalue weighted by Gasteiger charge is 2.26. The molecular weight excluding hydrogens is 306 g/mol. The van der Waals surface area contributed by atoms with Crippen LogP contribution in [0.4, 0.5) is 5.69 Å². The number of rotatable bonds is 7. The van der Waals surface area contributed by atoms with Crippen LogP contribution in [0.2, 0.25) is 0 Å². The number of carbonyl (C=O) groups is 2. The molecule has 1 N–H and O–H groups in total. The Morgan fingerprint density at radius 2 is 2.09 bits per heavy atom. The molecule has 1 aromatic heterocycles. The molecule has 0 fully saturated rings. The fraction of sp³-hybridized carbons (Fsp3) is 0.500. The second-order valence-corrected chi connectivity index (χ2v) is 5.06. The van der Waals surface area contributed by atoms with Gasteiger partial charge in [-0.3, -0.25) is 24.3 Å². The van der Waals surface area contributed by atoms with Gasteiger partial charge in [0.2, 0.25) is 5.91 Å². The molecule has 0 aliphatic rings. The van der Waals surface area contributed by atoms with Crippen molar-refractivity contribution >= 4 is 17.6 Å². The van der Waals surface area contributed by atoms with Gasteiger partial charge in [-0.1, -0.05) is 20.3 Å². The highest BCUT2D eigenvalue weighted by atomic mass is 16.6. The molecule has 0 radical (unpaired) electrons. The molecule has 9 heteroatoms. The maximum absolute atomic E-state index is 12.0. The number of nitro groups is 1. The van der Waals surface area contributed by atoms with Crippen molar-refractivity contribution in [2.75, 3.05) is 7.11 Å². The van der Waals surface area contributed by atoms with Gasteiger partial charge < -0.3 is 10.1 Å². The molecule has 0 spiro atoms. The monoisotopic (exact) mass is 325 g/mol. The minimum atomic E-state index is -0.841. The average molecular weight is 325 g/mol. The lowest BCUT2D eigenvalue weighted by atomic mass is 9.99. The van der Waals surface area contributed by atoms with Gasteiger partial charge >= 0.3 is 5.97 Å². The van der Waals surface area contributed by atoms with Crippen LogP contribution in [0, 0.1) is 16.0 Å². The Morgan fingerprint density at radius 1 is 1.43 bits per heavy atom. The van der Waals surface area contributed by atoms with E-state index in [9.17, 15) is 24.5 Å². The molecule has 1 rings (SSSR count). The molecule has 1 amide bonds. The summed E-state index contributed by atoms with van der Waals surface area (Å²) in [6.07, 6.45) is 1.62. The first-order valence-corrected chi connectivity index (χ1v) is 7.02. The SMILES string of the molecule is CC[C@H](C)[C@H](NC(=O)Cn1cc([N+](=O)[O-])ccc1=O)C(=O)OC. The lowest BCUT2D eigenvalue weighted by molar-refractivity contribution is -0.385. The highest BCUT2D eigenvalue weighted by molar-refractivity contribution is 5.84. The van der Waals surface area contributed by atoms with E-state index in [2.05, 4.69) is 10.1 Å². The number of pyridine rings is 1. The molecular formula is C14H19N3O6. The van der Waals surface area contributed by atoms with Crippen molar-refractivity contribution < 1.29 is 19.2 Å². The van der Waals surface area contributed by atoms with Crippen molar-refractivity contribution in [1.29, 1.82) is 0 Å². The number of nitrogens with one attached hydrogen (secondary N) is 1. The molecule has 9 nitrogen and oxygen atoms in total. The fourth-order valence-corrected chi connectivity index (χ4v) is 1.92. The molecule has 0 unspecified atom stereocenters. The van der Waals surface area contributed by atoms with Crippen LogP contribution in [-0.2, 0) is 20.9 Å². The Kier molecular flexibility index (Phi) is 6.43. The number of ether oxygens (including phenoxy) is 1. The van der Waals surface area contributed by atoms with Gasteiger partial charge in [-0.05, 0) is 5.92 Å². The summed E-state index contributed by atoms with van der Waals surface area (Å²) < 4.78 is 5.56. The van der Waals surface area contributed by atoms with Crippen LogP contribution in [-0.4, -0.2) is 34.5 Å². The first-order chi connectivity index (χ1) is 10.8. The zero-order chi connectivity index (χ0) is 17.6. The standard InChI is InChI=1S/C14H19N3O6/c1-4-9(2)13(14(20)23-3)15-11(18)8-16-7-10(17(21)22)5-6-12(16)19/h5-7,9,13H,4,8H2,1-3H3,(H,15,18)/t9-,13-/m0/s1. The van der Waals surface area contributed by atoms with E-state index in [-0.39, 0.29) is 11.6 Å². The third kappa shape index (κ3) is 4.90. The summed E-state index contributed by atoms with van der Waals surface area (Å²) in [5.41, 5.74) is -0.854. The number of esters is 1. The van der Waals surface area contributed by atoms with Gasteiger partial charge in [-0.25, -0.2) is 4.79 Å². The summed E-state index contributed by atoms with van der Waals surface area (Å²) in [7, 11) is 1.22. The van der Waals surface area contributed by atoms with E-state index in [0.717, 1.165) is 22.9 Å². The predicted octanol–water partition coefficient (Wildman–Crippen LogP) is 0.460. The lowest BCUT2D eigenvalue weighted by Gasteiger charge is -2.21. The second-order valence-electron chi connectivity index (χ2n) is 5.06. The smallest absolute Gasteiger partial charge is 0.328 e. The molecule has 126 valence electrons. The van der Waals surface area contributed by atoms with Crippen molar-refractivity contribution in [3.8, 4) is 0 Å². The first kappa shape index (κ1) is 18.3. The fourth-order valence-electron chi connectivity index (χ4n) is 1.92. The van der Waals surface area contributed by atoms with Gasteiger partial charge in [-0.15, -0.1) is 0 Å². The number of carbonyl (C=O) groups excluding carboxylic acids is 2. The van der Waals surface area contributed by atoms with Crippen LogP contribution in [0.5, 0.6) is 0 Å². The maximum atomic E-state index is 12.0. The zero-order valence-corrected chi connectivity index (χ0v) is 13.1. The topological polar surface area (TPSA) is 121 Å². The largest absolute Gasteiger partial charge is 0.467 e. The molecule has 1 aromatic rings. The summed E-state index contributed by atoms with van der Waals surface area (Å²) in [4.78, 5) is 45.5. The third-order valence-electron chi connectivity index (χ3n) is 3.48. The van der Waals surface area contributed by atoms with Crippen LogP contribution in [0.1, 0.15) is 20.3 Å². The molecule has 0 aliphatic carbocycles. The van der Waals surface area contributed by atoms with Crippen molar-refractivity contribution in [3.63, 3.8) is 0 Å². The molecule has 0 aromatic carbocycles. The molecule has 2 atom stereocenters. The number of aromatic nitrogens is 1. The maximum Gasteiger partial charge on any atom is 0.328 e. The predicted molar refractivity (Wildman–Crippen MR) is 80.8 cm³/mol. The quantitative estimate of drug-likeness (QED) is 0.442. The van der Waals surface area contributed by atoms with Crippen LogP contribution in [0.15, 0.2) is 23.1 Å². The second kappa shape index (κ2) is 8.06. The summed E-state index contributed by atoms with van der Waals surface area (Å²) in [5.74, 6) is -1.35. The van der Waals surface area contributed by atoms with E-state index in [0.29, 0.717) is 6.42 Å². The van der Waals surface area contributed by atoms with E-state index in [1.807, 2.05) is 6.92 Å². The van der Waals surface area contributed by atoms with E-state index >= 15 is 0 Å². The molecule has 23 heavy (non-hydrogen) atoms. The molecule has 0 saturated carbocycles. The van der Waals surface area contributed by atoms with Gasteiger partial charge in [-0.2, -0.15) is 0 Å². The summed E-state index contributed by atoms with van der Waals surface area (Å²) in [5, 5.41) is 13.2. The normalized spacial score (nSPS) is 13.0. The number of amides is 1. The minimum Gasteiger partial charge on any atom is -0.467 e. The van der Waals surface area contributed by atoms with Gasteiger partial charge in [0.25, 0.3) is 11.2 Å². The highest BCUT2D eigenvalue weighted by Crippen LogP contribution is 2.10. The van der Waals surface area contributed by atoms with Crippen molar-refractivity contribution in [1.82, 2.24) is 9.88 Å². The summed E-state index contributed by atoms with van der Waals surface area (Å²) >= 11 is 0. The van der Waals surface area contributed by atoms with E-state index in [1.54, 1.807) is 6.92 Å². The molecule has 0 aliphatic heterocycles. The van der Waals surface area contributed by atoms with Crippen molar-refractivity contribution in [3.05, 3.63) is 38.8 Å². The Balaban J connectivity index is 2.90. The molecule has 0 bridgehead atoms. The number of methoxy groups -OCH3 is 1. The van der Waals surface area contributed by atoms with Crippen LogP contribution < -0.4 is 10.9 Å². The Bertz CT molecular complexity index is 654. The lowest BCUT2D eigenvalue weighted by Crippen LogP contribution is -2.47. The molecule has 0 saturated heterocycles. The average Bonchev–Trinajstić information content (AvgIpc) is 2.52. The Morgan fingerprint density at radius 3 is 2.61 bits per heavy atom.